The molecule has 0 atom stereocenters. The van der Waals surface area contributed by atoms with Gasteiger partial charge in [-0.25, -0.2) is 4.39 Å². The van der Waals surface area contributed by atoms with E-state index in [1.54, 1.807) is 0 Å². The Kier molecular flexibility index (Phi) is 3.57. The highest BCUT2D eigenvalue weighted by Crippen LogP contribution is 2.09. The van der Waals surface area contributed by atoms with Gasteiger partial charge in [0.2, 0.25) is 0 Å². The van der Waals surface area contributed by atoms with Crippen LogP contribution in [0.25, 0.3) is 0 Å². The number of carbonyl (C=O) groups excluding carboxylic acids is 1. The zero-order valence-corrected chi connectivity index (χ0v) is 8.36. The lowest BCUT2D eigenvalue weighted by Gasteiger charge is -1.95. The smallest absolute Gasteiger partial charge is 0.187 e. The van der Waals surface area contributed by atoms with E-state index in [2.05, 4.69) is 25.3 Å². The van der Waals surface area contributed by atoms with Gasteiger partial charge in [0, 0.05) is 15.9 Å². The van der Waals surface area contributed by atoms with Crippen LogP contribution < -0.4 is 0 Å². The van der Waals surface area contributed by atoms with Crippen molar-refractivity contribution in [1.82, 2.24) is 0 Å². The summed E-state index contributed by atoms with van der Waals surface area (Å²) in [6.45, 7) is 0. The Morgan fingerprint density at radius 3 is 2.23 bits per heavy atom. The largest absolute Gasteiger partial charge is 0.289 e. The number of rotatable bonds is 2. The zero-order chi connectivity index (χ0) is 9.84. The van der Waals surface area contributed by atoms with Crippen molar-refractivity contribution in [2.75, 3.05) is 0 Å². The van der Waals surface area contributed by atoms with Gasteiger partial charge in [-0.3, -0.25) is 4.79 Å². The summed E-state index contributed by atoms with van der Waals surface area (Å²) in [6, 6.07) is 5.30. The number of hydrogen-bond acceptors (Lipinski definition) is 3. The number of benzene rings is 1. The highest BCUT2D eigenvalue weighted by Gasteiger charge is 2.01. The molecule has 13 heavy (non-hydrogen) atoms. The van der Waals surface area contributed by atoms with Gasteiger partial charge in [-0.05, 0) is 24.3 Å². The minimum absolute atomic E-state index is 0.236. The Morgan fingerprint density at radius 1 is 1.23 bits per heavy atom. The molecule has 0 bridgehead atoms. The van der Waals surface area contributed by atoms with Crippen LogP contribution in [0.4, 0.5) is 4.39 Å². The van der Waals surface area contributed by atoms with Gasteiger partial charge in [0.1, 0.15) is 5.82 Å². The van der Waals surface area contributed by atoms with Crippen LogP contribution in [0.5, 0.6) is 0 Å². The first-order valence-electron chi connectivity index (χ1n) is 3.49. The minimum atomic E-state index is -0.363. The molecule has 0 N–H and O–H groups in total. The monoisotopic (exact) mass is 214 g/mol. The lowest BCUT2D eigenvalue weighted by Crippen LogP contribution is -1.93. The standard InChI is InChI=1S/C9H7FOS2/c10-7-3-1-6(2-4-7)8(11)5-9(12)13/h1-5,12-13H. The summed E-state index contributed by atoms with van der Waals surface area (Å²) in [5, 5.41) is 0. The normalized spacial score (nSPS) is 9.46. The predicted molar refractivity (Wildman–Crippen MR) is 56.8 cm³/mol. The van der Waals surface area contributed by atoms with Crippen LogP contribution in [-0.2, 0) is 0 Å². The molecule has 0 radical (unpaired) electrons. The van der Waals surface area contributed by atoms with E-state index >= 15 is 0 Å². The van der Waals surface area contributed by atoms with E-state index in [0.717, 1.165) is 0 Å². The molecule has 0 aliphatic heterocycles. The van der Waals surface area contributed by atoms with Gasteiger partial charge in [0.05, 0.1) is 0 Å². The molecule has 1 nitrogen and oxygen atoms in total. The van der Waals surface area contributed by atoms with Crippen LogP contribution in [-0.4, -0.2) is 5.78 Å². The maximum atomic E-state index is 12.5. The van der Waals surface area contributed by atoms with Gasteiger partial charge in [0.25, 0.3) is 0 Å². The molecular weight excluding hydrogens is 207 g/mol. The van der Waals surface area contributed by atoms with Crippen LogP contribution in [0, 0.1) is 5.82 Å². The molecule has 0 aliphatic rings. The molecule has 0 heterocycles. The Morgan fingerprint density at radius 2 is 1.77 bits per heavy atom. The fourth-order valence-electron chi connectivity index (χ4n) is 0.815. The molecule has 0 spiro atoms. The molecule has 0 saturated carbocycles. The Bertz CT molecular complexity index is 339. The average molecular weight is 214 g/mol. The van der Waals surface area contributed by atoms with Crippen molar-refractivity contribution in [3.63, 3.8) is 0 Å². The van der Waals surface area contributed by atoms with E-state index in [1.165, 1.54) is 30.3 Å². The predicted octanol–water partition coefficient (Wildman–Crippen LogP) is 2.71. The molecule has 1 rings (SSSR count). The molecular formula is C9H7FOS2. The molecule has 0 aromatic heterocycles. The van der Waals surface area contributed by atoms with Gasteiger partial charge in [-0.15, -0.1) is 25.3 Å². The number of halogens is 1. The average Bonchev–Trinajstić information content (AvgIpc) is 2.04. The SMILES string of the molecule is O=C(C=C(S)S)c1ccc(F)cc1. The lowest BCUT2D eigenvalue weighted by atomic mass is 10.1. The lowest BCUT2D eigenvalue weighted by molar-refractivity contribution is 0.104. The quantitative estimate of drug-likeness (QED) is 0.440. The number of carbonyl (C=O) groups is 1. The maximum Gasteiger partial charge on any atom is 0.187 e. The first kappa shape index (κ1) is 10.3. The first-order valence-corrected chi connectivity index (χ1v) is 4.38. The van der Waals surface area contributed by atoms with Gasteiger partial charge in [0.15, 0.2) is 5.78 Å². The summed E-state index contributed by atoms with van der Waals surface area (Å²) < 4.78 is 12.8. The van der Waals surface area contributed by atoms with Crippen LogP contribution in [0.3, 0.4) is 0 Å². The summed E-state index contributed by atoms with van der Waals surface area (Å²) in [7, 11) is 0. The van der Waals surface area contributed by atoms with Crippen molar-refractivity contribution >= 4 is 31.0 Å². The maximum absolute atomic E-state index is 12.5. The molecule has 0 aliphatic carbocycles. The van der Waals surface area contributed by atoms with Crippen LogP contribution in [0.2, 0.25) is 0 Å². The number of ketones is 1. The third-order valence-electron chi connectivity index (χ3n) is 1.39. The second kappa shape index (κ2) is 4.48. The Labute approximate surface area is 86.5 Å². The van der Waals surface area contributed by atoms with E-state index in [4.69, 9.17) is 0 Å². The van der Waals surface area contributed by atoms with E-state index in [0.29, 0.717) is 9.80 Å². The molecule has 1 aromatic carbocycles. The third kappa shape index (κ3) is 3.24. The van der Waals surface area contributed by atoms with Gasteiger partial charge < -0.3 is 0 Å². The van der Waals surface area contributed by atoms with Crippen LogP contribution in [0.15, 0.2) is 34.6 Å². The first-order chi connectivity index (χ1) is 6.09. The molecule has 68 valence electrons. The van der Waals surface area contributed by atoms with Crippen molar-refractivity contribution in [3.05, 3.63) is 46.0 Å². The topological polar surface area (TPSA) is 17.1 Å². The van der Waals surface area contributed by atoms with E-state index in [9.17, 15) is 9.18 Å². The highest BCUT2D eigenvalue weighted by molar-refractivity contribution is 8.05. The number of thiol groups is 2. The second-order valence-electron chi connectivity index (χ2n) is 2.37. The van der Waals surface area contributed by atoms with Crippen molar-refractivity contribution in [3.8, 4) is 0 Å². The summed E-state index contributed by atoms with van der Waals surface area (Å²) >= 11 is 7.68. The fourth-order valence-corrected chi connectivity index (χ4v) is 1.05. The van der Waals surface area contributed by atoms with E-state index in [1.807, 2.05) is 0 Å². The summed E-state index contributed by atoms with van der Waals surface area (Å²) in [6.07, 6.45) is 1.26. The molecule has 1 aromatic rings. The zero-order valence-electron chi connectivity index (χ0n) is 6.57. The van der Waals surface area contributed by atoms with Crippen molar-refractivity contribution in [2.24, 2.45) is 0 Å². The Hall–Kier alpha value is -0.740. The molecule has 0 fully saturated rings. The third-order valence-corrected chi connectivity index (χ3v) is 1.65. The van der Waals surface area contributed by atoms with E-state index < -0.39 is 0 Å². The summed E-state index contributed by atoms with van der Waals surface area (Å²) in [5.41, 5.74) is 0.419. The van der Waals surface area contributed by atoms with Crippen molar-refractivity contribution < 1.29 is 9.18 Å². The Balaban J connectivity index is 2.90. The van der Waals surface area contributed by atoms with Crippen LogP contribution >= 0.6 is 25.3 Å². The van der Waals surface area contributed by atoms with Gasteiger partial charge in [-0.1, -0.05) is 0 Å². The second-order valence-corrected chi connectivity index (χ2v) is 3.69. The van der Waals surface area contributed by atoms with Crippen molar-refractivity contribution in [2.45, 2.75) is 0 Å². The highest BCUT2D eigenvalue weighted by atomic mass is 32.2. The number of allylic oxidation sites excluding steroid dienone is 1. The number of hydrogen-bond donors (Lipinski definition) is 2. The fraction of sp³-hybridized carbons (Fsp3) is 0. The van der Waals surface area contributed by atoms with Crippen LogP contribution in [0.1, 0.15) is 10.4 Å². The van der Waals surface area contributed by atoms with E-state index in [-0.39, 0.29) is 11.6 Å². The minimum Gasteiger partial charge on any atom is -0.289 e. The van der Waals surface area contributed by atoms with Gasteiger partial charge in [-0.2, -0.15) is 0 Å². The molecule has 4 heteroatoms. The van der Waals surface area contributed by atoms with Crippen molar-refractivity contribution in [1.29, 1.82) is 0 Å². The van der Waals surface area contributed by atoms with Gasteiger partial charge >= 0.3 is 0 Å². The molecule has 0 saturated heterocycles. The summed E-state index contributed by atoms with van der Waals surface area (Å²) in [5.74, 6) is -0.600. The molecule has 0 amide bonds. The molecule has 0 unspecified atom stereocenters. The summed E-state index contributed by atoms with van der Waals surface area (Å²) in [4.78, 5) is 11.3.